The number of ether oxygens (including phenoxy) is 3. The van der Waals surface area contributed by atoms with E-state index in [0.717, 1.165) is 64.8 Å². The van der Waals surface area contributed by atoms with Crippen LogP contribution in [0.15, 0.2) is 36.4 Å². The van der Waals surface area contributed by atoms with E-state index in [1.807, 2.05) is 25.1 Å². The van der Waals surface area contributed by atoms with E-state index >= 15 is 0 Å². The molecule has 4 aromatic rings. The lowest BCUT2D eigenvalue weighted by Gasteiger charge is -2.21. The largest absolute Gasteiger partial charge is 0.493 e. The Morgan fingerprint density at radius 2 is 1.81 bits per heavy atom. The SMILES string of the molecule is CCOc1nc(C2CCCNC2)nc2c1[nH]c1cc(-c3ccc(OC)c(OC)c3)ccc12. The van der Waals surface area contributed by atoms with E-state index < -0.39 is 0 Å². The molecule has 0 aliphatic carbocycles. The summed E-state index contributed by atoms with van der Waals surface area (Å²) in [6.07, 6.45) is 2.23. The molecule has 1 aliphatic heterocycles. The number of hydrogen-bond acceptors (Lipinski definition) is 6. The first kappa shape index (κ1) is 20.6. The zero-order valence-corrected chi connectivity index (χ0v) is 18.7. The number of hydrogen-bond donors (Lipinski definition) is 2. The smallest absolute Gasteiger partial charge is 0.241 e. The third-order valence-corrected chi connectivity index (χ3v) is 6.09. The standard InChI is InChI=1S/C25H28N4O3/c1-4-32-25-23-22(28-24(29-25)17-6-5-11-26-14-17)18-9-7-15(12-19(18)27-23)16-8-10-20(30-2)21(13-16)31-3/h7-10,12-13,17,26-27H,4-6,11,14H2,1-3H3. The monoisotopic (exact) mass is 432 g/mol. The number of methoxy groups -OCH3 is 2. The molecule has 7 heteroatoms. The average molecular weight is 433 g/mol. The predicted octanol–water partition coefficient (Wildman–Crippen LogP) is 4.66. The maximum atomic E-state index is 5.92. The lowest BCUT2D eigenvalue weighted by atomic mass is 9.99. The summed E-state index contributed by atoms with van der Waals surface area (Å²) in [5.74, 6) is 3.21. The Morgan fingerprint density at radius 1 is 1.00 bits per heavy atom. The Kier molecular flexibility index (Phi) is 5.57. The fraction of sp³-hybridized carbons (Fsp3) is 0.360. The molecule has 1 fully saturated rings. The van der Waals surface area contributed by atoms with Gasteiger partial charge in [-0.3, -0.25) is 0 Å². The van der Waals surface area contributed by atoms with E-state index in [1.165, 1.54) is 0 Å². The lowest BCUT2D eigenvalue weighted by molar-refractivity contribution is 0.326. The molecule has 3 heterocycles. The minimum atomic E-state index is 0.309. The van der Waals surface area contributed by atoms with Crippen molar-refractivity contribution in [2.24, 2.45) is 0 Å². The van der Waals surface area contributed by atoms with Gasteiger partial charge in [0.25, 0.3) is 0 Å². The molecule has 2 N–H and O–H groups in total. The summed E-state index contributed by atoms with van der Waals surface area (Å²) in [4.78, 5) is 13.3. The van der Waals surface area contributed by atoms with Crippen molar-refractivity contribution in [2.75, 3.05) is 33.9 Å². The van der Waals surface area contributed by atoms with Crippen molar-refractivity contribution in [3.8, 4) is 28.5 Å². The van der Waals surface area contributed by atoms with E-state index in [2.05, 4.69) is 28.5 Å². The van der Waals surface area contributed by atoms with Gasteiger partial charge in [-0.05, 0) is 55.6 Å². The summed E-state index contributed by atoms with van der Waals surface area (Å²) < 4.78 is 16.8. The van der Waals surface area contributed by atoms with Gasteiger partial charge in [-0.15, -0.1) is 0 Å². The number of aromatic amines is 1. The highest BCUT2D eigenvalue weighted by molar-refractivity contribution is 6.07. The number of nitrogens with one attached hydrogen (secondary N) is 2. The van der Waals surface area contributed by atoms with Gasteiger partial charge in [-0.1, -0.05) is 18.2 Å². The van der Waals surface area contributed by atoms with Crippen molar-refractivity contribution in [1.29, 1.82) is 0 Å². The first-order valence-corrected chi connectivity index (χ1v) is 11.1. The number of H-pyrrole nitrogens is 1. The van der Waals surface area contributed by atoms with Crippen molar-refractivity contribution in [3.63, 3.8) is 0 Å². The zero-order valence-electron chi connectivity index (χ0n) is 18.7. The highest BCUT2D eigenvalue weighted by Crippen LogP contribution is 2.36. The third kappa shape index (κ3) is 3.62. The normalized spacial score (nSPS) is 16.4. The molecule has 1 saturated heterocycles. The van der Waals surface area contributed by atoms with Crippen molar-refractivity contribution in [3.05, 3.63) is 42.2 Å². The summed E-state index contributed by atoms with van der Waals surface area (Å²) >= 11 is 0. The second-order valence-corrected chi connectivity index (χ2v) is 8.04. The highest BCUT2D eigenvalue weighted by atomic mass is 16.5. The first-order valence-electron chi connectivity index (χ1n) is 11.1. The minimum absolute atomic E-state index is 0.309. The van der Waals surface area contributed by atoms with Gasteiger partial charge in [-0.2, -0.15) is 4.98 Å². The third-order valence-electron chi connectivity index (χ3n) is 6.09. The fourth-order valence-corrected chi connectivity index (χ4v) is 4.44. The molecule has 0 radical (unpaired) electrons. The topological polar surface area (TPSA) is 81.3 Å². The quantitative estimate of drug-likeness (QED) is 0.461. The molecular weight excluding hydrogens is 404 g/mol. The summed E-state index contributed by atoms with van der Waals surface area (Å²) in [6.45, 7) is 4.50. The van der Waals surface area contributed by atoms with Gasteiger partial charge in [0, 0.05) is 23.4 Å². The molecule has 7 nitrogen and oxygen atoms in total. The maximum absolute atomic E-state index is 5.92. The van der Waals surface area contributed by atoms with Gasteiger partial charge < -0.3 is 24.5 Å². The minimum Gasteiger partial charge on any atom is -0.493 e. The summed E-state index contributed by atoms with van der Waals surface area (Å²) in [6, 6.07) is 12.3. The molecular formula is C25H28N4O3. The van der Waals surface area contributed by atoms with E-state index in [9.17, 15) is 0 Å². The molecule has 0 spiro atoms. The number of benzene rings is 2. The lowest BCUT2D eigenvalue weighted by Crippen LogP contribution is -2.29. The van der Waals surface area contributed by atoms with Crippen LogP contribution in [0, 0.1) is 0 Å². The van der Waals surface area contributed by atoms with Crippen molar-refractivity contribution in [1.82, 2.24) is 20.3 Å². The zero-order chi connectivity index (χ0) is 22.1. The van der Waals surface area contributed by atoms with Crippen LogP contribution < -0.4 is 19.5 Å². The van der Waals surface area contributed by atoms with Gasteiger partial charge in [0.15, 0.2) is 11.5 Å². The molecule has 0 amide bonds. The van der Waals surface area contributed by atoms with E-state index in [0.29, 0.717) is 29.9 Å². The van der Waals surface area contributed by atoms with E-state index in [1.54, 1.807) is 14.2 Å². The first-order chi connectivity index (χ1) is 15.7. The van der Waals surface area contributed by atoms with Crippen LogP contribution in [-0.4, -0.2) is 48.9 Å². The molecule has 2 aromatic heterocycles. The average Bonchev–Trinajstić information content (AvgIpc) is 3.22. The van der Waals surface area contributed by atoms with Crippen LogP contribution in [0.3, 0.4) is 0 Å². The molecule has 1 unspecified atom stereocenters. The molecule has 1 aliphatic rings. The van der Waals surface area contributed by atoms with Crippen molar-refractivity contribution in [2.45, 2.75) is 25.7 Å². The molecule has 0 bridgehead atoms. The molecule has 32 heavy (non-hydrogen) atoms. The molecule has 0 saturated carbocycles. The fourth-order valence-electron chi connectivity index (χ4n) is 4.44. The number of piperidine rings is 1. The molecule has 2 aromatic carbocycles. The Balaban J connectivity index is 1.62. The van der Waals surface area contributed by atoms with Crippen molar-refractivity contribution < 1.29 is 14.2 Å². The van der Waals surface area contributed by atoms with Crippen LogP contribution in [0.5, 0.6) is 17.4 Å². The number of fused-ring (bicyclic) bond motifs is 3. The Morgan fingerprint density at radius 3 is 2.56 bits per heavy atom. The van der Waals surface area contributed by atoms with Gasteiger partial charge in [-0.25, -0.2) is 4.98 Å². The predicted molar refractivity (Wildman–Crippen MR) is 126 cm³/mol. The number of aromatic nitrogens is 3. The van der Waals surface area contributed by atoms with E-state index in [-0.39, 0.29) is 0 Å². The van der Waals surface area contributed by atoms with Gasteiger partial charge >= 0.3 is 0 Å². The number of nitrogens with zero attached hydrogens (tertiary/aromatic N) is 2. The highest BCUT2D eigenvalue weighted by Gasteiger charge is 2.22. The molecule has 166 valence electrons. The molecule has 5 rings (SSSR count). The Bertz CT molecular complexity index is 1260. The Labute approximate surface area is 187 Å². The maximum Gasteiger partial charge on any atom is 0.241 e. The van der Waals surface area contributed by atoms with Crippen LogP contribution in [0.4, 0.5) is 0 Å². The van der Waals surface area contributed by atoms with E-state index in [4.69, 9.17) is 24.2 Å². The van der Waals surface area contributed by atoms with Crippen LogP contribution >= 0.6 is 0 Å². The van der Waals surface area contributed by atoms with Crippen LogP contribution in [0.2, 0.25) is 0 Å². The summed E-state index contributed by atoms with van der Waals surface area (Å²) in [7, 11) is 3.29. The Hall–Kier alpha value is -3.32. The van der Waals surface area contributed by atoms with Gasteiger partial charge in [0.2, 0.25) is 5.88 Å². The second kappa shape index (κ2) is 8.67. The molecule has 1 atom stereocenters. The van der Waals surface area contributed by atoms with Crippen molar-refractivity contribution >= 4 is 21.9 Å². The van der Waals surface area contributed by atoms with Crippen LogP contribution in [-0.2, 0) is 0 Å². The van der Waals surface area contributed by atoms with Gasteiger partial charge in [0.1, 0.15) is 16.9 Å². The summed E-state index contributed by atoms with van der Waals surface area (Å²) in [5.41, 5.74) is 4.89. The second-order valence-electron chi connectivity index (χ2n) is 8.04. The van der Waals surface area contributed by atoms with Crippen LogP contribution in [0.25, 0.3) is 33.1 Å². The van der Waals surface area contributed by atoms with Crippen LogP contribution in [0.1, 0.15) is 31.5 Å². The van der Waals surface area contributed by atoms with Gasteiger partial charge in [0.05, 0.1) is 20.8 Å². The summed E-state index contributed by atoms with van der Waals surface area (Å²) in [5, 5.41) is 4.53. The number of rotatable bonds is 6.